The number of halogens is 2. The third-order valence-corrected chi connectivity index (χ3v) is 7.52. The Kier molecular flexibility index (Phi) is 5.85. The van der Waals surface area contributed by atoms with Gasteiger partial charge in [0.05, 0.1) is 9.79 Å². The van der Waals surface area contributed by atoms with E-state index in [0.717, 1.165) is 6.26 Å². The first-order valence-electron chi connectivity index (χ1n) is 7.17. The Bertz CT molecular complexity index is 987. The molecule has 2 rings (SSSR count). The minimum atomic E-state index is -3.83. The molecule has 5 nitrogen and oxygen atoms in total. The number of sulfone groups is 1. The van der Waals surface area contributed by atoms with Gasteiger partial charge in [0, 0.05) is 29.4 Å². The molecule has 2 aromatic carbocycles. The van der Waals surface area contributed by atoms with Crippen molar-refractivity contribution in [1.29, 1.82) is 0 Å². The molecule has 0 aliphatic heterocycles. The molecule has 0 aliphatic carbocycles. The van der Waals surface area contributed by atoms with E-state index in [2.05, 4.69) is 0 Å². The van der Waals surface area contributed by atoms with Crippen LogP contribution in [0, 0.1) is 0 Å². The van der Waals surface area contributed by atoms with Crippen molar-refractivity contribution >= 4 is 43.1 Å². The summed E-state index contributed by atoms with van der Waals surface area (Å²) in [6.45, 7) is 1.71. The zero-order valence-corrected chi connectivity index (χ0v) is 16.9. The summed E-state index contributed by atoms with van der Waals surface area (Å²) in [7, 11) is -5.78. The smallest absolute Gasteiger partial charge is 0.224 e. The van der Waals surface area contributed by atoms with Gasteiger partial charge in [-0.1, -0.05) is 29.3 Å². The van der Waals surface area contributed by atoms with E-state index in [1.807, 2.05) is 0 Å². The molecule has 2 aromatic rings. The van der Waals surface area contributed by atoms with Crippen molar-refractivity contribution in [3.8, 4) is 0 Å². The van der Waals surface area contributed by atoms with Crippen LogP contribution in [0.15, 0.2) is 52.3 Å². The van der Waals surface area contributed by atoms with Gasteiger partial charge in [-0.15, -0.1) is 0 Å². The highest BCUT2D eigenvalue weighted by Crippen LogP contribution is 2.32. The quantitative estimate of drug-likeness (QED) is 0.735. The Morgan fingerprint density at radius 1 is 0.920 bits per heavy atom. The second-order valence-corrected chi connectivity index (χ2v) is 10.5. The number of hydrogen-bond acceptors (Lipinski definition) is 4. The van der Waals surface area contributed by atoms with Crippen LogP contribution in [0.2, 0.25) is 10.0 Å². The Labute approximate surface area is 158 Å². The summed E-state index contributed by atoms with van der Waals surface area (Å²) in [6, 6.07) is 9.43. The summed E-state index contributed by atoms with van der Waals surface area (Å²) in [5, 5.41) is 0.831. The van der Waals surface area contributed by atoms with Gasteiger partial charge < -0.3 is 0 Å². The van der Waals surface area contributed by atoms with Crippen LogP contribution in [0.4, 0.5) is 0 Å². The van der Waals surface area contributed by atoms with Crippen LogP contribution in [-0.4, -0.2) is 34.4 Å². The third kappa shape index (κ3) is 4.35. The highest BCUT2D eigenvalue weighted by atomic mass is 35.5. The predicted molar refractivity (Wildman–Crippen MR) is 99.4 cm³/mol. The fraction of sp³-hybridized carbons (Fsp3) is 0.250. The second-order valence-electron chi connectivity index (χ2n) is 5.61. The summed E-state index contributed by atoms with van der Waals surface area (Å²) in [5.74, 6) is 0. The fourth-order valence-corrected chi connectivity index (χ4v) is 4.81. The number of nitrogens with zero attached hydrogens (tertiary/aromatic N) is 1. The normalized spacial score (nSPS) is 13.8. The molecule has 0 spiro atoms. The van der Waals surface area contributed by atoms with Gasteiger partial charge in [0.1, 0.15) is 0 Å². The van der Waals surface area contributed by atoms with Gasteiger partial charge in [-0.2, -0.15) is 4.31 Å². The van der Waals surface area contributed by atoms with Gasteiger partial charge in [-0.3, -0.25) is 0 Å². The first-order chi connectivity index (χ1) is 11.4. The fourth-order valence-electron chi connectivity index (χ4n) is 2.27. The van der Waals surface area contributed by atoms with E-state index in [0.29, 0.717) is 15.6 Å². The molecule has 0 aromatic heterocycles. The lowest BCUT2D eigenvalue weighted by atomic mass is 10.1. The Morgan fingerprint density at radius 3 is 1.92 bits per heavy atom. The van der Waals surface area contributed by atoms with Crippen molar-refractivity contribution in [3.05, 3.63) is 58.1 Å². The summed E-state index contributed by atoms with van der Waals surface area (Å²) in [5.41, 5.74) is 0.616. The molecule has 0 N–H and O–H groups in total. The topological polar surface area (TPSA) is 71.5 Å². The lowest BCUT2D eigenvalue weighted by Gasteiger charge is -2.25. The minimum absolute atomic E-state index is 0.000615. The molecule has 0 bridgehead atoms. The van der Waals surface area contributed by atoms with E-state index in [4.69, 9.17) is 23.2 Å². The number of benzene rings is 2. The van der Waals surface area contributed by atoms with Crippen molar-refractivity contribution in [2.24, 2.45) is 0 Å². The first-order valence-corrected chi connectivity index (χ1v) is 11.3. The van der Waals surface area contributed by atoms with Crippen LogP contribution < -0.4 is 0 Å². The molecule has 0 unspecified atom stereocenters. The summed E-state index contributed by atoms with van der Waals surface area (Å²) in [6.07, 6.45) is 1.06. The van der Waals surface area contributed by atoms with E-state index in [1.54, 1.807) is 25.1 Å². The molecule has 0 saturated carbocycles. The lowest BCUT2D eigenvalue weighted by molar-refractivity contribution is 0.398. The van der Waals surface area contributed by atoms with Crippen molar-refractivity contribution in [2.45, 2.75) is 22.8 Å². The molecule has 9 heteroatoms. The van der Waals surface area contributed by atoms with E-state index in [9.17, 15) is 16.8 Å². The lowest BCUT2D eigenvalue weighted by Crippen LogP contribution is -2.30. The van der Waals surface area contributed by atoms with Crippen molar-refractivity contribution in [2.75, 3.05) is 13.3 Å². The maximum absolute atomic E-state index is 12.8. The molecule has 0 fully saturated rings. The van der Waals surface area contributed by atoms with E-state index in [1.165, 1.54) is 35.6 Å². The molecule has 0 heterocycles. The highest BCUT2D eigenvalue weighted by molar-refractivity contribution is 7.90. The average molecular weight is 422 g/mol. The largest absolute Gasteiger partial charge is 0.243 e. The molecule has 1 atom stereocenters. The molecule has 0 saturated heterocycles. The zero-order chi connectivity index (χ0) is 19.0. The molecule has 0 aliphatic rings. The average Bonchev–Trinajstić information content (AvgIpc) is 2.53. The van der Waals surface area contributed by atoms with Gasteiger partial charge in [-0.05, 0) is 48.9 Å². The second kappa shape index (κ2) is 7.25. The molecular weight excluding hydrogens is 405 g/mol. The maximum atomic E-state index is 12.8. The van der Waals surface area contributed by atoms with Gasteiger partial charge in [0.2, 0.25) is 10.0 Å². The van der Waals surface area contributed by atoms with Gasteiger partial charge >= 0.3 is 0 Å². The minimum Gasteiger partial charge on any atom is -0.224 e. The van der Waals surface area contributed by atoms with Gasteiger partial charge in [-0.25, -0.2) is 16.8 Å². The maximum Gasteiger partial charge on any atom is 0.243 e. The number of rotatable bonds is 5. The van der Waals surface area contributed by atoms with Gasteiger partial charge in [0.15, 0.2) is 9.84 Å². The third-order valence-electron chi connectivity index (χ3n) is 3.89. The Hall–Kier alpha value is -1.12. The zero-order valence-electron chi connectivity index (χ0n) is 13.8. The Balaban J connectivity index is 2.38. The van der Waals surface area contributed by atoms with Crippen molar-refractivity contribution < 1.29 is 16.8 Å². The summed E-state index contributed by atoms with van der Waals surface area (Å²) >= 11 is 12.0. The molecule has 0 radical (unpaired) electrons. The molecular formula is C16H17Cl2NO4S2. The Morgan fingerprint density at radius 2 is 1.44 bits per heavy atom. The van der Waals surface area contributed by atoms with Crippen LogP contribution in [-0.2, 0) is 19.9 Å². The van der Waals surface area contributed by atoms with E-state index >= 15 is 0 Å². The molecule has 0 amide bonds. The van der Waals surface area contributed by atoms with E-state index < -0.39 is 25.9 Å². The van der Waals surface area contributed by atoms with Crippen LogP contribution >= 0.6 is 23.2 Å². The summed E-state index contributed by atoms with van der Waals surface area (Å²) < 4.78 is 49.8. The van der Waals surface area contributed by atoms with Crippen LogP contribution in [0.1, 0.15) is 18.5 Å². The number of sulfonamides is 1. The summed E-state index contributed by atoms with van der Waals surface area (Å²) in [4.78, 5) is 0.0576. The predicted octanol–water partition coefficient (Wildman–Crippen LogP) is 3.78. The van der Waals surface area contributed by atoms with Crippen molar-refractivity contribution in [1.82, 2.24) is 4.31 Å². The van der Waals surface area contributed by atoms with Crippen LogP contribution in [0.5, 0.6) is 0 Å². The molecule has 25 heavy (non-hydrogen) atoms. The van der Waals surface area contributed by atoms with Crippen LogP contribution in [0.25, 0.3) is 0 Å². The monoisotopic (exact) mass is 421 g/mol. The van der Waals surface area contributed by atoms with Gasteiger partial charge in [0.25, 0.3) is 0 Å². The molecule has 136 valence electrons. The van der Waals surface area contributed by atoms with Crippen LogP contribution in [0.3, 0.4) is 0 Å². The SMILES string of the molecule is C[C@H](c1ccc(Cl)cc1Cl)N(C)S(=O)(=O)c1ccc(S(C)(=O)=O)cc1. The standard InChI is InChI=1S/C16H17Cl2NO4S2/c1-11(15-9-4-12(17)10-16(15)18)19(2)25(22,23)14-7-5-13(6-8-14)24(3,20)21/h4-11H,1-3H3/t11-/m1/s1. The highest BCUT2D eigenvalue weighted by Gasteiger charge is 2.27. The first kappa shape index (κ1) is 20.2. The van der Waals surface area contributed by atoms with E-state index in [-0.39, 0.29) is 9.79 Å². The van der Waals surface area contributed by atoms with Crippen molar-refractivity contribution in [3.63, 3.8) is 0 Å². The number of hydrogen-bond donors (Lipinski definition) is 0.